The first kappa shape index (κ1) is 13.5. The molecule has 0 bridgehead atoms. The number of anilines is 1. The maximum absolute atomic E-state index is 12.4. The summed E-state index contributed by atoms with van der Waals surface area (Å²) in [6.45, 7) is -0.710. The highest BCUT2D eigenvalue weighted by atomic mass is 32.2. The molecule has 0 radical (unpaired) electrons. The minimum absolute atomic E-state index is 0.0417. The Morgan fingerprint density at radius 3 is 2.32 bits per heavy atom. The fraction of sp³-hybridized carbons (Fsp3) is 0.273. The first-order valence-electron chi connectivity index (χ1n) is 5.55. The van der Waals surface area contributed by atoms with Crippen molar-refractivity contribution in [3.8, 4) is 0 Å². The predicted molar refractivity (Wildman–Crippen MR) is 67.9 cm³/mol. The number of carbonyl (C=O) groups is 2. The molecule has 0 aromatic heterocycles. The topological polar surface area (TPSA) is 95.6 Å². The number of carbonyl (C=O) groups excluding carboxylic acids is 2. The Morgan fingerprint density at radius 2 is 1.74 bits per heavy atom. The minimum atomic E-state index is -3.88. The number of hydrogen-bond donors (Lipinski definition) is 2. The van der Waals surface area contributed by atoms with Crippen LogP contribution in [-0.4, -0.2) is 44.7 Å². The van der Waals surface area contributed by atoms with Gasteiger partial charge >= 0.3 is 0 Å². The van der Waals surface area contributed by atoms with E-state index in [4.69, 9.17) is 0 Å². The standard InChI is InChI=1S/C11H13N3O4S/c1-12-8-4-2-3-5-9(8)19(17,18)14-6-10(15)13-11(16)7-14/h2-5,12H,6-7H2,1H3,(H,13,15,16). The molecule has 0 saturated carbocycles. The second-order valence-corrected chi connectivity index (χ2v) is 5.90. The van der Waals surface area contributed by atoms with Gasteiger partial charge in [-0.25, -0.2) is 8.42 Å². The maximum atomic E-state index is 12.4. The molecule has 1 aromatic carbocycles. The third-order valence-electron chi connectivity index (χ3n) is 2.69. The first-order chi connectivity index (χ1) is 8.95. The highest BCUT2D eigenvalue weighted by molar-refractivity contribution is 7.89. The largest absolute Gasteiger partial charge is 0.387 e. The molecule has 2 amide bonds. The molecule has 1 aliphatic heterocycles. The van der Waals surface area contributed by atoms with E-state index in [1.54, 1.807) is 25.2 Å². The van der Waals surface area contributed by atoms with Gasteiger partial charge in [0.15, 0.2) is 0 Å². The van der Waals surface area contributed by atoms with Crippen LogP contribution < -0.4 is 10.6 Å². The molecule has 0 atom stereocenters. The molecule has 1 aromatic rings. The maximum Gasteiger partial charge on any atom is 0.246 e. The molecular weight excluding hydrogens is 270 g/mol. The molecule has 1 fully saturated rings. The van der Waals surface area contributed by atoms with Crippen molar-refractivity contribution >= 4 is 27.5 Å². The molecule has 102 valence electrons. The van der Waals surface area contributed by atoms with E-state index in [9.17, 15) is 18.0 Å². The number of sulfonamides is 1. The van der Waals surface area contributed by atoms with E-state index in [-0.39, 0.29) is 18.0 Å². The van der Waals surface area contributed by atoms with Crippen molar-refractivity contribution in [2.75, 3.05) is 25.5 Å². The Kier molecular flexibility index (Phi) is 3.54. The van der Waals surface area contributed by atoms with Gasteiger partial charge in [-0.2, -0.15) is 4.31 Å². The number of nitrogens with zero attached hydrogens (tertiary/aromatic N) is 1. The molecule has 0 unspecified atom stereocenters. The van der Waals surface area contributed by atoms with Gasteiger partial charge in [0.05, 0.1) is 18.8 Å². The number of imide groups is 1. The number of amides is 2. The van der Waals surface area contributed by atoms with Crippen LogP contribution in [0.2, 0.25) is 0 Å². The second kappa shape index (κ2) is 4.98. The van der Waals surface area contributed by atoms with Crippen LogP contribution in [0.15, 0.2) is 29.2 Å². The molecular formula is C11H13N3O4S. The smallest absolute Gasteiger partial charge is 0.246 e. The van der Waals surface area contributed by atoms with Crippen LogP contribution in [0.1, 0.15) is 0 Å². The minimum Gasteiger partial charge on any atom is -0.387 e. The van der Waals surface area contributed by atoms with E-state index in [2.05, 4.69) is 10.6 Å². The van der Waals surface area contributed by atoms with Crippen LogP contribution in [0, 0.1) is 0 Å². The lowest BCUT2D eigenvalue weighted by Gasteiger charge is -2.25. The summed E-state index contributed by atoms with van der Waals surface area (Å²) in [4.78, 5) is 22.6. The van der Waals surface area contributed by atoms with Crippen molar-refractivity contribution in [3.63, 3.8) is 0 Å². The number of piperazine rings is 1. The highest BCUT2D eigenvalue weighted by Gasteiger charge is 2.33. The number of rotatable bonds is 3. The van der Waals surface area contributed by atoms with Crippen LogP contribution >= 0.6 is 0 Å². The van der Waals surface area contributed by atoms with Crippen molar-refractivity contribution in [1.29, 1.82) is 0 Å². The summed E-state index contributed by atoms with van der Waals surface area (Å²) in [6, 6.07) is 6.31. The van der Waals surface area contributed by atoms with E-state index >= 15 is 0 Å². The van der Waals surface area contributed by atoms with Crippen LogP contribution in [0.4, 0.5) is 5.69 Å². The Bertz CT molecular complexity index is 611. The zero-order valence-corrected chi connectivity index (χ0v) is 11.0. The third-order valence-corrected chi connectivity index (χ3v) is 4.54. The normalized spacial score (nSPS) is 17.1. The lowest BCUT2D eigenvalue weighted by molar-refractivity contribution is -0.134. The second-order valence-electron chi connectivity index (χ2n) is 3.99. The van der Waals surface area contributed by atoms with Crippen LogP contribution in [0.25, 0.3) is 0 Å². The summed E-state index contributed by atoms with van der Waals surface area (Å²) >= 11 is 0. The fourth-order valence-electron chi connectivity index (χ4n) is 1.82. The average Bonchev–Trinajstić information content (AvgIpc) is 2.37. The quantitative estimate of drug-likeness (QED) is 0.721. The molecule has 0 spiro atoms. The predicted octanol–water partition coefficient (Wildman–Crippen LogP) is -0.625. The number of nitrogens with one attached hydrogen (secondary N) is 2. The van der Waals surface area contributed by atoms with Gasteiger partial charge in [0.1, 0.15) is 4.90 Å². The van der Waals surface area contributed by atoms with Crippen molar-refractivity contribution in [2.45, 2.75) is 4.90 Å². The van der Waals surface area contributed by atoms with Crippen molar-refractivity contribution < 1.29 is 18.0 Å². The Hall–Kier alpha value is -1.93. The summed E-state index contributed by atoms with van der Waals surface area (Å²) in [5, 5.41) is 4.83. The van der Waals surface area contributed by atoms with Gasteiger partial charge < -0.3 is 5.32 Å². The van der Waals surface area contributed by atoms with Crippen LogP contribution in [0.5, 0.6) is 0 Å². The molecule has 19 heavy (non-hydrogen) atoms. The van der Waals surface area contributed by atoms with Gasteiger partial charge in [-0.1, -0.05) is 12.1 Å². The molecule has 1 heterocycles. The van der Waals surface area contributed by atoms with Gasteiger partial charge in [-0.15, -0.1) is 0 Å². The van der Waals surface area contributed by atoms with Gasteiger partial charge in [0.2, 0.25) is 21.8 Å². The monoisotopic (exact) mass is 283 g/mol. The molecule has 2 rings (SSSR count). The SMILES string of the molecule is CNc1ccccc1S(=O)(=O)N1CC(=O)NC(=O)C1. The Labute approximate surface area is 110 Å². The van der Waals surface area contributed by atoms with Gasteiger partial charge in [0, 0.05) is 7.05 Å². The molecule has 0 aliphatic carbocycles. The summed E-state index contributed by atoms with van der Waals surface area (Å²) < 4.78 is 25.7. The summed E-state index contributed by atoms with van der Waals surface area (Å²) in [5.74, 6) is -1.25. The molecule has 8 heteroatoms. The lowest BCUT2D eigenvalue weighted by atomic mass is 10.3. The van der Waals surface area contributed by atoms with E-state index in [1.807, 2.05) is 0 Å². The zero-order valence-electron chi connectivity index (χ0n) is 10.2. The summed E-state index contributed by atoms with van der Waals surface area (Å²) in [5.41, 5.74) is 0.418. The van der Waals surface area contributed by atoms with Crippen LogP contribution in [0.3, 0.4) is 0 Å². The summed E-state index contributed by atoms with van der Waals surface area (Å²) in [6.07, 6.45) is 0. The van der Waals surface area contributed by atoms with Gasteiger partial charge in [0.25, 0.3) is 0 Å². The van der Waals surface area contributed by atoms with Crippen molar-refractivity contribution in [3.05, 3.63) is 24.3 Å². The van der Waals surface area contributed by atoms with Crippen LogP contribution in [-0.2, 0) is 19.6 Å². The lowest BCUT2D eigenvalue weighted by Crippen LogP contribution is -2.53. The Balaban J connectivity index is 2.42. The average molecular weight is 283 g/mol. The number of benzene rings is 1. The van der Waals surface area contributed by atoms with Gasteiger partial charge in [-0.05, 0) is 12.1 Å². The molecule has 1 aliphatic rings. The van der Waals surface area contributed by atoms with Gasteiger partial charge in [-0.3, -0.25) is 14.9 Å². The zero-order chi connectivity index (χ0) is 14.0. The van der Waals surface area contributed by atoms with E-state index in [1.165, 1.54) is 6.07 Å². The first-order valence-corrected chi connectivity index (χ1v) is 6.99. The Morgan fingerprint density at radius 1 is 1.16 bits per heavy atom. The van der Waals surface area contributed by atoms with E-state index in [0.29, 0.717) is 5.69 Å². The fourth-order valence-corrected chi connectivity index (χ4v) is 3.37. The highest BCUT2D eigenvalue weighted by Crippen LogP contribution is 2.24. The van der Waals surface area contributed by atoms with Crippen molar-refractivity contribution in [2.24, 2.45) is 0 Å². The number of para-hydroxylation sites is 1. The van der Waals surface area contributed by atoms with E-state index < -0.39 is 21.8 Å². The molecule has 1 saturated heterocycles. The number of hydrogen-bond acceptors (Lipinski definition) is 5. The van der Waals surface area contributed by atoms with Crippen molar-refractivity contribution in [1.82, 2.24) is 9.62 Å². The third kappa shape index (κ3) is 2.59. The van der Waals surface area contributed by atoms with E-state index in [0.717, 1.165) is 4.31 Å². The summed E-state index contributed by atoms with van der Waals surface area (Å²) in [7, 11) is -2.28. The molecule has 7 nitrogen and oxygen atoms in total. The molecule has 2 N–H and O–H groups in total.